The van der Waals surface area contributed by atoms with Crippen LogP contribution >= 0.6 is 23.2 Å². The molecule has 7 nitrogen and oxygen atoms in total. The van der Waals surface area contributed by atoms with Crippen molar-refractivity contribution in [2.24, 2.45) is 11.8 Å². The van der Waals surface area contributed by atoms with E-state index < -0.39 is 5.82 Å². The Kier molecular flexibility index (Phi) is 8.03. The number of fused-ring (bicyclic) bond motifs is 4. The number of carbonyl (C=O) groups excluding carboxylic acids is 1. The number of hydrogen-bond acceptors (Lipinski definition) is 5. The van der Waals surface area contributed by atoms with Crippen molar-refractivity contribution in [3.05, 3.63) is 93.0 Å². The topological polar surface area (TPSA) is 83.2 Å². The number of aromatic nitrogens is 2. The fraction of sp³-hybridized carbons (Fsp3) is 0.390. The largest absolute Gasteiger partial charge is 0.488 e. The normalized spacial score (nSPS) is 23.9. The molecule has 5 unspecified atom stereocenters. The highest BCUT2D eigenvalue weighted by Gasteiger charge is 2.51. The van der Waals surface area contributed by atoms with Crippen LogP contribution in [0.25, 0.3) is 32.9 Å². The van der Waals surface area contributed by atoms with Gasteiger partial charge in [0, 0.05) is 64.6 Å². The number of ether oxygens (including phenoxy) is 1. The van der Waals surface area contributed by atoms with E-state index in [-0.39, 0.29) is 53.0 Å². The van der Waals surface area contributed by atoms with Crippen LogP contribution in [0, 0.1) is 42.8 Å². The first-order valence-electron chi connectivity index (χ1n) is 18.0. The average molecular weight is 723 g/mol. The number of hydrogen-bond donors (Lipinski definition) is 1. The van der Waals surface area contributed by atoms with Crippen molar-refractivity contribution < 1.29 is 13.9 Å². The Bertz CT molecular complexity index is 2260. The summed E-state index contributed by atoms with van der Waals surface area (Å²) in [5, 5.41) is 15.6. The number of nitrogens with one attached hydrogen (secondary N) is 1. The zero-order chi connectivity index (χ0) is 35.1. The van der Waals surface area contributed by atoms with Gasteiger partial charge in [-0.05, 0) is 81.3 Å². The van der Waals surface area contributed by atoms with E-state index in [1.54, 1.807) is 18.2 Å². The lowest BCUT2D eigenvalue weighted by molar-refractivity contribution is -0.133. The van der Waals surface area contributed by atoms with Crippen LogP contribution in [0.5, 0.6) is 5.75 Å². The third-order valence-electron chi connectivity index (χ3n) is 11.6. The van der Waals surface area contributed by atoms with Gasteiger partial charge in [0.25, 0.3) is 0 Å². The molecule has 10 rings (SSSR count). The van der Waals surface area contributed by atoms with Crippen LogP contribution in [0.15, 0.2) is 54.6 Å². The Balaban J connectivity index is 1.26. The second-order valence-electron chi connectivity index (χ2n) is 14.8. The van der Waals surface area contributed by atoms with E-state index in [0.717, 1.165) is 59.4 Å². The number of nitrogens with zero attached hydrogens (tertiary/aromatic N) is 4. The van der Waals surface area contributed by atoms with Crippen molar-refractivity contribution in [1.29, 1.82) is 5.26 Å². The van der Waals surface area contributed by atoms with Gasteiger partial charge >= 0.3 is 0 Å². The Morgan fingerprint density at radius 1 is 1.10 bits per heavy atom. The molecule has 1 amide bonds. The van der Waals surface area contributed by atoms with E-state index in [0.29, 0.717) is 52.4 Å². The van der Waals surface area contributed by atoms with E-state index in [2.05, 4.69) is 33.8 Å². The first-order valence-corrected chi connectivity index (χ1v) is 18.7. The second kappa shape index (κ2) is 12.5. The van der Waals surface area contributed by atoms with Gasteiger partial charge in [0.15, 0.2) is 5.82 Å². The predicted molar refractivity (Wildman–Crippen MR) is 198 cm³/mol. The van der Waals surface area contributed by atoms with Gasteiger partial charge in [0.2, 0.25) is 5.91 Å². The van der Waals surface area contributed by atoms with Gasteiger partial charge in [-0.1, -0.05) is 53.0 Å². The van der Waals surface area contributed by atoms with Gasteiger partial charge in [-0.3, -0.25) is 4.79 Å². The molecule has 5 atom stereocenters. The molecular formula is C41H38Cl2FN5O2. The standard InChI is InChI=1S/C41H38Cl2FN5O2/c1-21-8-12-26(13-9-21)51-27-17-33(48(20-27)41(50)23-10-11-23)34-18-29-22(2)47-38-30(40(29)49(34)39-25-16-32(39)46-19-25)15-24(5-4-14-45)35(37(38)44)28-6-3-7-31(42)36(28)43/h3,6-9,12-13,15,18,23,25,27,32-33,39,46H,4-5,10-11,16-17,19-20H2,1-2H3. The molecule has 10 heteroatoms. The van der Waals surface area contributed by atoms with Crippen LogP contribution in [0.3, 0.4) is 0 Å². The number of aryl methyl sites for hydroxylation is 3. The summed E-state index contributed by atoms with van der Waals surface area (Å²) in [7, 11) is 0. The van der Waals surface area contributed by atoms with Crippen LogP contribution in [-0.4, -0.2) is 45.6 Å². The Labute approximate surface area is 306 Å². The van der Waals surface area contributed by atoms with E-state index in [1.807, 2.05) is 37.3 Å². The lowest BCUT2D eigenvalue weighted by Crippen LogP contribution is -2.41. The molecule has 2 saturated carbocycles. The minimum absolute atomic E-state index is 0.0581. The summed E-state index contributed by atoms with van der Waals surface area (Å²) in [4.78, 5) is 21.0. The highest BCUT2D eigenvalue weighted by Crippen LogP contribution is 2.51. The maximum atomic E-state index is 17.2. The molecule has 0 radical (unpaired) electrons. The fourth-order valence-electron chi connectivity index (χ4n) is 8.88. The second-order valence-corrected chi connectivity index (χ2v) is 15.6. The van der Waals surface area contributed by atoms with Crippen molar-refractivity contribution in [1.82, 2.24) is 19.8 Å². The Hall–Kier alpha value is -4.16. The van der Waals surface area contributed by atoms with Crippen molar-refractivity contribution in [3.8, 4) is 22.9 Å². The Morgan fingerprint density at radius 3 is 2.61 bits per heavy atom. The molecule has 5 aliphatic rings. The summed E-state index contributed by atoms with van der Waals surface area (Å²) in [5.41, 5.74) is 5.61. The van der Waals surface area contributed by atoms with Crippen LogP contribution < -0.4 is 10.1 Å². The van der Waals surface area contributed by atoms with Crippen molar-refractivity contribution in [2.75, 3.05) is 13.1 Å². The molecule has 2 bridgehead atoms. The molecule has 5 fully saturated rings. The predicted octanol–water partition coefficient (Wildman–Crippen LogP) is 9.04. The molecule has 3 aromatic carbocycles. The minimum Gasteiger partial charge on any atom is -0.488 e. The maximum absolute atomic E-state index is 17.2. The van der Waals surface area contributed by atoms with Crippen LogP contribution in [0.2, 0.25) is 10.0 Å². The van der Waals surface area contributed by atoms with Gasteiger partial charge in [0.1, 0.15) is 17.4 Å². The van der Waals surface area contributed by atoms with E-state index in [4.69, 9.17) is 32.9 Å². The molecule has 3 aliphatic heterocycles. The summed E-state index contributed by atoms with van der Waals surface area (Å²) in [6.07, 6.45) is 3.96. The summed E-state index contributed by atoms with van der Waals surface area (Å²) in [6, 6.07) is 20.0. The minimum atomic E-state index is -0.475. The molecular weight excluding hydrogens is 684 g/mol. The van der Waals surface area contributed by atoms with Gasteiger partial charge < -0.3 is 19.5 Å². The van der Waals surface area contributed by atoms with Gasteiger partial charge in [-0.25, -0.2) is 9.37 Å². The average Bonchev–Trinajstić information content (AvgIpc) is 3.40. The highest BCUT2D eigenvalue weighted by molar-refractivity contribution is 6.43. The van der Waals surface area contributed by atoms with Crippen LogP contribution in [0.1, 0.15) is 66.7 Å². The zero-order valence-corrected chi connectivity index (χ0v) is 30.1. The number of halogens is 3. The molecule has 51 heavy (non-hydrogen) atoms. The van der Waals surface area contributed by atoms with Gasteiger partial charge in [0.05, 0.1) is 40.3 Å². The number of rotatable bonds is 8. The summed E-state index contributed by atoms with van der Waals surface area (Å²) in [5.74, 6) is 0.997. The number of benzene rings is 3. The first kappa shape index (κ1) is 32.7. The van der Waals surface area contributed by atoms with Gasteiger partial charge in [-0.15, -0.1) is 0 Å². The van der Waals surface area contributed by atoms with Crippen molar-refractivity contribution in [2.45, 2.75) is 76.6 Å². The zero-order valence-electron chi connectivity index (χ0n) is 28.6. The van der Waals surface area contributed by atoms with E-state index in [9.17, 15) is 10.1 Å². The molecule has 3 saturated heterocycles. The van der Waals surface area contributed by atoms with Crippen LogP contribution in [-0.2, 0) is 11.2 Å². The molecule has 5 heterocycles. The number of nitriles is 1. The third kappa shape index (κ3) is 5.39. The molecule has 2 aliphatic carbocycles. The summed E-state index contributed by atoms with van der Waals surface area (Å²) in [6.45, 7) is 5.42. The molecule has 260 valence electrons. The Morgan fingerprint density at radius 2 is 1.90 bits per heavy atom. The molecule has 0 spiro atoms. The first-order chi connectivity index (χ1) is 24.7. The lowest BCUT2D eigenvalue weighted by atomic mass is 9.79. The van der Waals surface area contributed by atoms with Gasteiger partial charge in [-0.2, -0.15) is 5.26 Å². The third-order valence-corrected chi connectivity index (χ3v) is 12.4. The SMILES string of the molecule is Cc1ccc(OC2CC(c3cc4c(C)nc5c(F)c(-c6cccc(Cl)c6Cl)c(CCC#N)cc5c4n3C3C4CNC3C4)N(C(=O)C3CC3)C2)cc1. The number of pyridine rings is 1. The quantitative estimate of drug-likeness (QED) is 0.173. The summed E-state index contributed by atoms with van der Waals surface area (Å²) >= 11 is 13.1. The van der Waals surface area contributed by atoms with Crippen LogP contribution in [0.4, 0.5) is 4.39 Å². The van der Waals surface area contributed by atoms with Crippen molar-refractivity contribution >= 4 is 50.9 Å². The fourth-order valence-corrected chi connectivity index (χ4v) is 9.27. The number of amides is 1. The van der Waals surface area contributed by atoms with E-state index in [1.165, 1.54) is 0 Å². The molecule has 5 aromatic rings. The molecule has 1 N–H and O–H groups in total. The smallest absolute Gasteiger partial charge is 0.226 e. The van der Waals surface area contributed by atoms with E-state index >= 15 is 4.39 Å². The number of likely N-dealkylation sites (tertiary alicyclic amines) is 1. The maximum Gasteiger partial charge on any atom is 0.226 e. The monoisotopic (exact) mass is 721 g/mol. The lowest BCUT2D eigenvalue weighted by Gasteiger charge is -2.39. The number of carbonyl (C=O) groups is 1. The van der Waals surface area contributed by atoms with Crippen molar-refractivity contribution in [3.63, 3.8) is 0 Å². The highest BCUT2D eigenvalue weighted by atomic mass is 35.5. The summed E-state index contributed by atoms with van der Waals surface area (Å²) < 4.78 is 26.1. The molecule has 2 aromatic heterocycles.